The highest BCUT2D eigenvalue weighted by Gasteiger charge is 2.29. The Morgan fingerprint density at radius 1 is 1.03 bits per heavy atom. The van der Waals surface area contributed by atoms with Crippen LogP contribution < -0.4 is 19.2 Å². The van der Waals surface area contributed by atoms with E-state index in [1.165, 1.54) is 36.5 Å². The Kier molecular flexibility index (Phi) is 6.99. The molecule has 1 N–H and O–H groups in total. The molecular weight excluding hydrogens is 485 g/mol. The number of amides is 1. The molecule has 4 rings (SSSR count). The monoisotopic (exact) mass is 503 g/mol. The van der Waals surface area contributed by atoms with Crippen LogP contribution in [-0.4, -0.2) is 40.3 Å². The zero-order chi connectivity index (χ0) is 24.1. The Bertz CT molecular complexity index is 1320. The zero-order valence-corrected chi connectivity index (χ0v) is 19.2. The molecule has 0 fully saturated rings. The van der Waals surface area contributed by atoms with Crippen molar-refractivity contribution in [3.63, 3.8) is 0 Å². The second-order valence-corrected chi connectivity index (χ2v) is 9.44. The van der Waals surface area contributed by atoms with Crippen molar-refractivity contribution in [3.05, 3.63) is 83.1 Å². The minimum atomic E-state index is -4.23. The third-order valence-electron chi connectivity index (χ3n) is 4.78. The first-order valence-electron chi connectivity index (χ1n) is 10.1. The molecule has 176 valence electrons. The summed E-state index contributed by atoms with van der Waals surface area (Å²) in [4.78, 5) is 12.5. The summed E-state index contributed by atoms with van der Waals surface area (Å²) < 4.78 is 52.2. The molecule has 11 heteroatoms. The van der Waals surface area contributed by atoms with E-state index in [0.29, 0.717) is 22.9 Å². The smallest absolute Gasteiger partial charge is 0.264 e. The number of nitrogens with zero attached hydrogens (tertiary/aromatic N) is 2. The molecule has 1 amide bonds. The normalized spacial score (nSPS) is 13.0. The Morgan fingerprint density at radius 3 is 2.41 bits per heavy atom. The van der Waals surface area contributed by atoms with Gasteiger partial charge in [-0.25, -0.2) is 18.2 Å². The van der Waals surface area contributed by atoms with Crippen molar-refractivity contribution >= 4 is 39.4 Å². The number of fused-ring (bicyclic) bond motifs is 1. The molecule has 0 atom stereocenters. The molecule has 0 spiro atoms. The highest BCUT2D eigenvalue weighted by atomic mass is 35.5. The van der Waals surface area contributed by atoms with Gasteiger partial charge in [0.1, 0.15) is 25.6 Å². The molecule has 0 bridgehead atoms. The zero-order valence-electron chi connectivity index (χ0n) is 17.6. The SMILES string of the molecule is O=C(CN(c1ccc(F)cc1)S(=O)(=O)c1ccc2c(c1)OCCO2)N/N=C\c1ccc(Cl)cc1. The lowest BCUT2D eigenvalue weighted by Crippen LogP contribution is -2.39. The number of halogens is 2. The molecule has 8 nitrogen and oxygen atoms in total. The molecular formula is C23H19ClFN3O5S. The Balaban J connectivity index is 1.58. The van der Waals surface area contributed by atoms with Crippen LogP contribution in [0.25, 0.3) is 0 Å². The van der Waals surface area contributed by atoms with E-state index in [-0.39, 0.29) is 22.9 Å². The van der Waals surface area contributed by atoms with E-state index in [4.69, 9.17) is 21.1 Å². The van der Waals surface area contributed by atoms with Crippen molar-refractivity contribution < 1.29 is 27.1 Å². The lowest BCUT2D eigenvalue weighted by molar-refractivity contribution is -0.119. The van der Waals surface area contributed by atoms with Gasteiger partial charge in [-0.3, -0.25) is 9.10 Å². The number of anilines is 1. The van der Waals surface area contributed by atoms with Crippen molar-refractivity contribution in [2.75, 3.05) is 24.1 Å². The van der Waals surface area contributed by atoms with Gasteiger partial charge in [-0.15, -0.1) is 0 Å². The molecule has 1 heterocycles. The lowest BCUT2D eigenvalue weighted by Gasteiger charge is -2.25. The highest BCUT2D eigenvalue weighted by molar-refractivity contribution is 7.92. The van der Waals surface area contributed by atoms with Crippen LogP contribution in [0.3, 0.4) is 0 Å². The van der Waals surface area contributed by atoms with Crippen molar-refractivity contribution in [1.29, 1.82) is 0 Å². The molecule has 0 unspecified atom stereocenters. The predicted octanol–water partition coefficient (Wildman–Crippen LogP) is 3.60. The summed E-state index contributed by atoms with van der Waals surface area (Å²) in [5, 5.41) is 4.41. The summed E-state index contributed by atoms with van der Waals surface area (Å²) in [7, 11) is -4.23. The van der Waals surface area contributed by atoms with E-state index in [9.17, 15) is 17.6 Å². The van der Waals surface area contributed by atoms with Crippen LogP contribution in [0.1, 0.15) is 5.56 Å². The van der Waals surface area contributed by atoms with Crippen molar-refractivity contribution in [2.24, 2.45) is 5.10 Å². The lowest BCUT2D eigenvalue weighted by atomic mass is 10.2. The second-order valence-electron chi connectivity index (χ2n) is 7.14. The van der Waals surface area contributed by atoms with Gasteiger partial charge in [0.05, 0.1) is 16.8 Å². The fraction of sp³-hybridized carbons (Fsp3) is 0.130. The number of benzene rings is 3. The van der Waals surface area contributed by atoms with Crippen LogP contribution in [0.5, 0.6) is 11.5 Å². The molecule has 0 saturated heterocycles. The third-order valence-corrected chi connectivity index (χ3v) is 6.80. The van der Waals surface area contributed by atoms with Crippen LogP contribution in [-0.2, 0) is 14.8 Å². The number of carbonyl (C=O) groups excluding carboxylic acids is 1. The Hall–Kier alpha value is -3.63. The Morgan fingerprint density at radius 2 is 1.71 bits per heavy atom. The van der Waals surface area contributed by atoms with Gasteiger partial charge in [-0.05, 0) is 54.1 Å². The minimum absolute atomic E-state index is 0.105. The average Bonchev–Trinajstić information content (AvgIpc) is 2.84. The van der Waals surface area contributed by atoms with E-state index in [2.05, 4.69) is 10.5 Å². The second kappa shape index (κ2) is 10.1. The van der Waals surface area contributed by atoms with E-state index in [1.807, 2.05) is 0 Å². The molecule has 3 aromatic carbocycles. The van der Waals surface area contributed by atoms with Gasteiger partial charge in [0, 0.05) is 11.1 Å². The number of ether oxygens (including phenoxy) is 2. The molecule has 0 saturated carbocycles. The van der Waals surface area contributed by atoms with Crippen LogP contribution in [0, 0.1) is 5.82 Å². The number of sulfonamides is 1. The predicted molar refractivity (Wildman–Crippen MR) is 126 cm³/mol. The summed E-state index contributed by atoms with van der Waals surface area (Å²) in [6, 6.07) is 15.7. The molecule has 34 heavy (non-hydrogen) atoms. The number of hydrogen-bond donors (Lipinski definition) is 1. The average molecular weight is 504 g/mol. The molecule has 1 aliphatic heterocycles. The van der Waals surface area contributed by atoms with E-state index in [0.717, 1.165) is 16.4 Å². The summed E-state index contributed by atoms with van der Waals surface area (Å²) >= 11 is 5.84. The molecule has 1 aliphatic rings. The first-order valence-corrected chi connectivity index (χ1v) is 11.9. The third kappa shape index (κ3) is 5.46. The molecule has 0 aliphatic carbocycles. The van der Waals surface area contributed by atoms with Gasteiger partial charge >= 0.3 is 0 Å². The van der Waals surface area contributed by atoms with E-state index in [1.54, 1.807) is 24.3 Å². The minimum Gasteiger partial charge on any atom is -0.486 e. The number of hydrogen-bond acceptors (Lipinski definition) is 6. The van der Waals surface area contributed by atoms with Crippen LogP contribution in [0.2, 0.25) is 5.02 Å². The number of nitrogens with one attached hydrogen (secondary N) is 1. The number of carbonyl (C=O) groups is 1. The molecule has 0 aromatic heterocycles. The highest BCUT2D eigenvalue weighted by Crippen LogP contribution is 2.34. The van der Waals surface area contributed by atoms with Gasteiger partial charge in [0.2, 0.25) is 0 Å². The Labute approximate surface area is 200 Å². The van der Waals surface area contributed by atoms with Crippen LogP contribution >= 0.6 is 11.6 Å². The van der Waals surface area contributed by atoms with Crippen molar-refractivity contribution in [3.8, 4) is 11.5 Å². The fourth-order valence-corrected chi connectivity index (χ4v) is 4.69. The molecule has 3 aromatic rings. The maximum atomic E-state index is 13.5. The largest absolute Gasteiger partial charge is 0.486 e. The van der Waals surface area contributed by atoms with Gasteiger partial charge in [0.25, 0.3) is 15.9 Å². The van der Waals surface area contributed by atoms with Crippen molar-refractivity contribution in [1.82, 2.24) is 5.43 Å². The maximum Gasteiger partial charge on any atom is 0.264 e. The maximum absolute atomic E-state index is 13.5. The van der Waals surface area contributed by atoms with Crippen LogP contribution in [0.15, 0.2) is 76.7 Å². The topological polar surface area (TPSA) is 97.3 Å². The number of hydrazone groups is 1. The molecule has 0 radical (unpaired) electrons. The van der Waals surface area contributed by atoms with Crippen LogP contribution in [0.4, 0.5) is 10.1 Å². The van der Waals surface area contributed by atoms with E-state index >= 15 is 0 Å². The summed E-state index contributed by atoms with van der Waals surface area (Å²) in [5.74, 6) is -0.538. The van der Waals surface area contributed by atoms with E-state index < -0.39 is 28.3 Å². The standard InChI is InChI=1S/C23H19ClFN3O5S/c24-17-3-1-16(2-4-17)14-26-27-23(29)15-28(19-7-5-18(25)6-8-19)34(30,31)20-9-10-21-22(13-20)33-12-11-32-21/h1-10,13-14H,11-12,15H2,(H,27,29)/b26-14-. The number of rotatable bonds is 7. The van der Waals surface area contributed by atoms with Gasteiger partial charge in [-0.1, -0.05) is 23.7 Å². The van der Waals surface area contributed by atoms with Gasteiger partial charge in [-0.2, -0.15) is 5.10 Å². The summed E-state index contributed by atoms with van der Waals surface area (Å²) in [5.41, 5.74) is 3.09. The van der Waals surface area contributed by atoms with Gasteiger partial charge in [0.15, 0.2) is 11.5 Å². The first-order chi connectivity index (χ1) is 16.3. The first kappa shape index (κ1) is 23.5. The summed E-state index contributed by atoms with van der Waals surface area (Å²) in [6.45, 7) is 0.0457. The summed E-state index contributed by atoms with van der Waals surface area (Å²) in [6.07, 6.45) is 1.39. The fourth-order valence-electron chi connectivity index (χ4n) is 3.13. The van der Waals surface area contributed by atoms with Crippen molar-refractivity contribution in [2.45, 2.75) is 4.90 Å². The quantitative estimate of drug-likeness (QED) is 0.392. The van der Waals surface area contributed by atoms with Gasteiger partial charge < -0.3 is 9.47 Å².